The molecule has 0 amide bonds. The largest absolute Gasteiger partial charge is 0.465 e. The average Bonchev–Trinajstić information content (AvgIpc) is 2.89. The first-order valence-corrected chi connectivity index (χ1v) is 8.93. The predicted molar refractivity (Wildman–Crippen MR) is 81.1 cm³/mol. The van der Waals surface area contributed by atoms with Gasteiger partial charge in [-0.1, -0.05) is 35.3 Å². The highest BCUT2D eigenvalue weighted by molar-refractivity contribution is 7.90. The molecular formula is C13H12Cl2FNO4S. The number of ether oxygens (including phenoxy) is 1. The minimum atomic E-state index is -3.33. The molecule has 1 aliphatic rings. The molecule has 2 atom stereocenters. The Labute approximate surface area is 137 Å². The number of hydrogen-bond acceptors (Lipinski definition) is 5. The van der Waals surface area contributed by atoms with Crippen LogP contribution in [-0.4, -0.2) is 43.9 Å². The van der Waals surface area contributed by atoms with Crippen molar-refractivity contribution in [1.82, 2.24) is 0 Å². The van der Waals surface area contributed by atoms with E-state index in [9.17, 15) is 17.6 Å². The van der Waals surface area contributed by atoms with Crippen LogP contribution in [0.2, 0.25) is 0 Å². The summed E-state index contributed by atoms with van der Waals surface area (Å²) >= 11 is 10.9. The van der Waals surface area contributed by atoms with Gasteiger partial charge in [-0.05, 0) is 17.7 Å². The topological polar surface area (TPSA) is 72.8 Å². The molecule has 22 heavy (non-hydrogen) atoms. The lowest BCUT2D eigenvalue weighted by Crippen LogP contribution is -2.21. The first-order valence-electron chi connectivity index (χ1n) is 6.17. The molecule has 5 nitrogen and oxygen atoms in total. The zero-order valence-electron chi connectivity index (χ0n) is 11.4. The van der Waals surface area contributed by atoms with Crippen LogP contribution in [-0.2, 0) is 19.4 Å². The number of ketones is 1. The molecule has 1 aromatic carbocycles. The molecule has 0 N–H and O–H groups in total. The van der Waals surface area contributed by atoms with Gasteiger partial charge in [0.05, 0.1) is 4.90 Å². The molecule has 0 saturated heterocycles. The molecule has 0 radical (unpaired) electrons. The quantitative estimate of drug-likeness (QED) is 0.748. The van der Waals surface area contributed by atoms with E-state index in [-0.39, 0.29) is 10.8 Å². The molecule has 0 aromatic heterocycles. The van der Waals surface area contributed by atoms with E-state index < -0.39 is 39.3 Å². The molecular weight excluding hydrogens is 356 g/mol. The summed E-state index contributed by atoms with van der Waals surface area (Å²) in [6.07, 6.45) is 0.254. The number of carbonyl (C=O) groups is 1. The number of hydrogen-bond donors (Lipinski definition) is 0. The molecule has 0 fully saturated rings. The van der Waals surface area contributed by atoms with Crippen LogP contribution in [0.25, 0.3) is 0 Å². The van der Waals surface area contributed by atoms with Crippen molar-refractivity contribution in [3.05, 3.63) is 29.8 Å². The summed E-state index contributed by atoms with van der Waals surface area (Å²) < 4.78 is 41.3. The maximum Gasteiger partial charge on any atom is 0.257 e. The second kappa shape index (κ2) is 6.52. The summed E-state index contributed by atoms with van der Waals surface area (Å²) in [5.41, 5.74) is 0.502. The fourth-order valence-electron chi connectivity index (χ4n) is 1.97. The smallest absolute Gasteiger partial charge is 0.257 e. The molecule has 0 aliphatic carbocycles. The maximum atomic E-state index is 13.1. The molecule has 1 aliphatic heterocycles. The van der Waals surface area contributed by atoms with E-state index in [0.29, 0.717) is 5.56 Å². The zero-order valence-corrected chi connectivity index (χ0v) is 13.7. The molecule has 0 unspecified atom stereocenters. The maximum absolute atomic E-state index is 13.1. The number of rotatable bonds is 5. The molecule has 2 rings (SSSR count). The lowest BCUT2D eigenvalue weighted by atomic mass is 10.0. The Morgan fingerprint density at radius 1 is 1.36 bits per heavy atom. The van der Waals surface area contributed by atoms with Gasteiger partial charge in [0.1, 0.15) is 12.7 Å². The van der Waals surface area contributed by atoms with Gasteiger partial charge < -0.3 is 4.74 Å². The molecule has 0 bridgehead atoms. The Bertz CT molecular complexity index is 703. The van der Waals surface area contributed by atoms with Gasteiger partial charge in [-0.25, -0.2) is 17.8 Å². The number of carbonyl (C=O) groups excluding carboxylic acids is 1. The van der Waals surface area contributed by atoms with E-state index in [2.05, 4.69) is 4.99 Å². The highest BCUT2D eigenvalue weighted by Crippen LogP contribution is 2.31. The van der Waals surface area contributed by atoms with Crippen molar-refractivity contribution < 1.29 is 22.3 Å². The van der Waals surface area contributed by atoms with Crippen molar-refractivity contribution in [2.24, 2.45) is 4.99 Å². The zero-order chi connectivity index (χ0) is 16.5. The van der Waals surface area contributed by atoms with E-state index in [1.54, 1.807) is 0 Å². The standard InChI is InChI=1S/C13H12Cl2FNO4S/c1-22(19,20)8-4-2-7(3-5-8)11-9(6-16)17-13(21-11)10(18)12(14)15/h2-5,9,11-12H,6H2,1H3/t9-,11-/m1/s1. The summed E-state index contributed by atoms with van der Waals surface area (Å²) in [5, 5.41) is 0. The van der Waals surface area contributed by atoms with Crippen LogP contribution >= 0.6 is 23.2 Å². The van der Waals surface area contributed by atoms with Gasteiger partial charge in [-0.3, -0.25) is 4.79 Å². The molecule has 1 aromatic rings. The van der Waals surface area contributed by atoms with Crippen LogP contribution < -0.4 is 0 Å². The Kier molecular flexibility index (Phi) is 5.09. The third-order valence-corrected chi connectivity index (χ3v) is 4.60. The lowest BCUT2D eigenvalue weighted by molar-refractivity contribution is -0.112. The van der Waals surface area contributed by atoms with E-state index in [1.807, 2.05) is 0 Å². The van der Waals surface area contributed by atoms with Crippen molar-refractivity contribution >= 4 is 44.7 Å². The summed E-state index contributed by atoms with van der Waals surface area (Å²) in [5.74, 6) is -1.06. The Morgan fingerprint density at radius 2 is 1.95 bits per heavy atom. The van der Waals surface area contributed by atoms with E-state index >= 15 is 0 Å². The minimum absolute atomic E-state index is 0.129. The minimum Gasteiger partial charge on any atom is -0.465 e. The van der Waals surface area contributed by atoms with Crippen molar-refractivity contribution in [2.45, 2.75) is 21.9 Å². The van der Waals surface area contributed by atoms with E-state index in [4.69, 9.17) is 27.9 Å². The van der Waals surface area contributed by atoms with Gasteiger partial charge >= 0.3 is 0 Å². The van der Waals surface area contributed by atoms with Gasteiger partial charge in [0, 0.05) is 6.26 Å². The molecule has 120 valence electrons. The summed E-state index contributed by atoms with van der Waals surface area (Å²) in [6, 6.07) is 4.84. The van der Waals surface area contributed by atoms with E-state index in [0.717, 1.165) is 6.26 Å². The molecule has 0 saturated carbocycles. The first-order chi connectivity index (χ1) is 10.2. The average molecular weight is 368 g/mol. The van der Waals surface area contributed by atoms with Gasteiger partial charge in [0.2, 0.25) is 5.78 Å². The lowest BCUT2D eigenvalue weighted by Gasteiger charge is -2.16. The van der Waals surface area contributed by atoms with Gasteiger partial charge in [-0.15, -0.1) is 0 Å². The Balaban J connectivity index is 2.25. The van der Waals surface area contributed by atoms with Crippen LogP contribution in [0.3, 0.4) is 0 Å². The van der Waals surface area contributed by atoms with Crippen molar-refractivity contribution in [3.8, 4) is 0 Å². The summed E-state index contributed by atoms with van der Waals surface area (Å²) in [7, 11) is -3.33. The summed E-state index contributed by atoms with van der Waals surface area (Å²) in [4.78, 5) is 14.3. The van der Waals surface area contributed by atoms with Gasteiger partial charge in [0.25, 0.3) is 5.90 Å². The monoisotopic (exact) mass is 367 g/mol. The number of aliphatic imine (C=N–C) groups is 1. The van der Waals surface area contributed by atoms with Crippen LogP contribution in [0.5, 0.6) is 0 Å². The number of Topliss-reactive ketones (excluding diaryl/α,β-unsaturated/α-hetero) is 1. The van der Waals surface area contributed by atoms with Gasteiger partial charge in [0.15, 0.2) is 20.8 Å². The number of nitrogens with zero attached hydrogens (tertiary/aromatic N) is 1. The second-order valence-corrected chi connectivity index (χ2v) is 7.81. The Morgan fingerprint density at radius 3 is 2.41 bits per heavy atom. The SMILES string of the molecule is CS(=O)(=O)c1ccc([C@H]2OC(C(=O)C(Cl)Cl)=N[C@@H]2CF)cc1. The number of halogens is 3. The number of benzene rings is 1. The summed E-state index contributed by atoms with van der Waals surface area (Å²) in [6.45, 7) is -0.843. The van der Waals surface area contributed by atoms with Crippen LogP contribution in [0.15, 0.2) is 34.2 Å². The number of alkyl halides is 3. The first kappa shape index (κ1) is 17.2. The fourth-order valence-corrected chi connectivity index (χ4v) is 2.79. The molecule has 0 spiro atoms. The normalized spacial score (nSPS) is 21.6. The van der Waals surface area contributed by atoms with Crippen molar-refractivity contribution in [3.63, 3.8) is 0 Å². The highest BCUT2D eigenvalue weighted by atomic mass is 35.5. The molecule has 9 heteroatoms. The Hall–Kier alpha value is -1.18. The fraction of sp³-hybridized carbons (Fsp3) is 0.385. The third kappa shape index (κ3) is 3.59. The van der Waals surface area contributed by atoms with Crippen LogP contribution in [0, 0.1) is 0 Å². The second-order valence-electron chi connectivity index (χ2n) is 4.70. The predicted octanol–water partition coefficient (Wildman–Crippen LogP) is 2.27. The van der Waals surface area contributed by atoms with Crippen LogP contribution in [0.4, 0.5) is 4.39 Å². The van der Waals surface area contributed by atoms with Crippen LogP contribution in [0.1, 0.15) is 11.7 Å². The van der Waals surface area contributed by atoms with E-state index in [1.165, 1.54) is 24.3 Å². The highest BCUT2D eigenvalue weighted by Gasteiger charge is 2.36. The third-order valence-electron chi connectivity index (χ3n) is 3.08. The van der Waals surface area contributed by atoms with Gasteiger partial charge in [-0.2, -0.15) is 0 Å². The van der Waals surface area contributed by atoms with Crippen molar-refractivity contribution in [2.75, 3.05) is 12.9 Å². The van der Waals surface area contributed by atoms with Crippen molar-refractivity contribution in [1.29, 1.82) is 0 Å². The number of sulfone groups is 1. The molecule has 1 heterocycles.